The van der Waals surface area contributed by atoms with Crippen molar-refractivity contribution < 1.29 is 23.8 Å². The van der Waals surface area contributed by atoms with E-state index in [1.165, 1.54) is 26.0 Å². The summed E-state index contributed by atoms with van der Waals surface area (Å²) in [7, 11) is 3.03. The topological polar surface area (TPSA) is 137 Å². The van der Waals surface area contributed by atoms with Crippen LogP contribution in [-0.4, -0.2) is 58.9 Å². The lowest BCUT2D eigenvalue weighted by Crippen LogP contribution is -2.64. The van der Waals surface area contributed by atoms with E-state index in [0.717, 1.165) is 5.56 Å². The van der Waals surface area contributed by atoms with Crippen LogP contribution in [0.25, 0.3) is 10.9 Å². The molecule has 3 unspecified atom stereocenters. The minimum Gasteiger partial charge on any atom is -0.493 e. The van der Waals surface area contributed by atoms with Gasteiger partial charge in [-0.05, 0) is 24.6 Å². The molecule has 0 saturated carbocycles. The number of aromatic nitrogens is 2. The molecule has 3 N–H and O–H groups in total. The number of thioether (sulfide) groups is 1. The average Bonchev–Trinajstić information content (AvgIpc) is 2.87. The Hall–Kier alpha value is -3.73. The lowest BCUT2D eigenvalue weighted by Gasteiger charge is -2.52. The molecule has 1 fully saturated rings. The van der Waals surface area contributed by atoms with Crippen LogP contribution < -0.4 is 25.5 Å². The van der Waals surface area contributed by atoms with Gasteiger partial charge in [-0.3, -0.25) is 14.4 Å². The lowest BCUT2D eigenvalue weighted by molar-refractivity contribution is -0.174. The Balaban J connectivity index is 1.31. The van der Waals surface area contributed by atoms with Crippen LogP contribution in [0.5, 0.6) is 17.2 Å². The number of amides is 2. The van der Waals surface area contributed by atoms with Gasteiger partial charge in [0.15, 0.2) is 17.2 Å². The first-order chi connectivity index (χ1) is 17.8. The number of hydrogen-bond acceptors (Lipinski definition) is 8. The lowest BCUT2D eigenvalue weighted by atomic mass is 9.73. The summed E-state index contributed by atoms with van der Waals surface area (Å²) in [4.78, 5) is 47.4. The van der Waals surface area contributed by atoms with E-state index in [0.29, 0.717) is 58.4 Å². The van der Waals surface area contributed by atoms with Crippen molar-refractivity contribution in [1.82, 2.24) is 14.9 Å². The van der Waals surface area contributed by atoms with Crippen LogP contribution in [0.3, 0.4) is 0 Å². The Labute approximate surface area is 217 Å². The molecule has 194 valence electrons. The van der Waals surface area contributed by atoms with Crippen LogP contribution in [0.4, 0.5) is 0 Å². The van der Waals surface area contributed by atoms with Gasteiger partial charge in [-0.2, -0.15) is 11.8 Å². The van der Waals surface area contributed by atoms with Crippen molar-refractivity contribution in [1.29, 1.82) is 0 Å². The van der Waals surface area contributed by atoms with E-state index < -0.39 is 17.6 Å². The van der Waals surface area contributed by atoms with Crippen molar-refractivity contribution in [2.45, 2.75) is 30.7 Å². The molecule has 37 heavy (non-hydrogen) atoms. The zero-order valence-corrected chi connectivity index (χ0v) is 21.6. The predicted molar refractivity (Wildman–Crippen MR) is 139 cm³/mol. The van der Waals surface area contributed by atoms with Crippen LogP contribution in [0.15, 0.2) is 41.2 Å². The number of H-pyrrole nitrogens is 1. The van der Waals surface area contributed by atoms with Crippen molar-refractivity contribution in [2.75, 3.05) is 26.5 Å². The smallest absolute Gasteiger partial charge is 0.258 e. The minimum atomic E-state index is -0.936. The molecule has 2 aliphatic heterocycles. The van der Waals surface area contributed by atoms with Crippen LogP contribution >= 0.6 is 11.8 Å². The van der Waals surface area contributed by atoms with Gasteiger partial charge in [-0.1, -0.05) is 18.2 Å². The summed E-state index contributed by atoms with van der Waals surface area (Å²) < 4.78 is 16.9. The zero-order chi connectivity index (χ0) is 26.3. The van der Waals surface area contributed by atoms with Gasteiger partial charge in [0.25, 0.3) is 5.56 Å². The zero-order valence-electron chi connectivity index (χ0n) is 20.8. The molecule has 2 amide bonds. The average molecular weight is 525 g/mol. The van der Waals surface area contributed by atoms with Gasteiger partial charge in [0.2, 0.25) is 11.8 Å². The number of fused-ring (bicyclic) bond motifs is 5. The number of carbonyl (C=O) groups excluding carboxylic acids is 2. The van der Waals surface area contributed by atoms with Gasteiger partial charge < -0.3 is 29.8 Å². The third kappa shape index (κ3) is 4.37. The summed E-state index contributed by atoms with van der Waals surface area (Å²) in [5, 5.41) is 0.403. The van der Waals surface area contributed by atoms with Gasteiger partial charge in [-0.25, -0.2) is 4.98 Å². The molecule has 3 aromatic rings. The number of primary amides is 1. The van der Waals surface area contributed by atoms with Crippen LogP contribution in [0.1, 0.15) is 30.7 Å². The van der Waals surface area contributed by atoms with E-state index in [1.807, 2.05) is 31.2 Å². The molecule has 1 aromatic heterocycles. The Morgan fingerprint density at radius 2 is 1.97 bits per heavy atom. The number of methoxy groups -OCH3 is 2. The van der Waals surface area contributed by atoms with E-state index in [1.54, 1.807) is 17.0 Å². The largest absolute Gasteiger partial charge is 0.493 e. The molecular formula is C26H28N4O6S. The second kappa shape index (κ2) is 9.62. The predicted octanol–water partition coefficient (Wildman–Crippen LogP) is 2.40. The van der Waals surface area contributed by atoms with Gasteiger partial charge in [0.05, 0.1) is 30.9 Å². The maximum atomic E-state index is 13.4. The first-order valence-corrected chi connectivity index (χ1v) is 13.0. The van der Waals surface area contributed by atoms with Crippen molar-refractivity contribution in [2.24, 2.45) is 11.7 Å². The van der Waals surface area contributed by atoms with Crippen molar-refractivity contribution in [3.63, 3.8) is 0 Å². The normalized spacial score (nSPS) is 22.4. The van der Waals surface area contributed by atoms with Crippen molar-refractivity contribution in [3.05, 3.63) is 58.1 Å². The van der Waals surface area contributed by atoms with Gasteiger partial charge >= 0.3 is 0 Å². The highest BCUT2D eigenvalue weighted by Gasteiger charge is 2.55. The number of nitrogens with two attached hydrogens (primary N) is 1. The number of nitrogens with one attached hydrogen (secondary N) is 1. The third-order valence-electron chi connectivity index (χ3n) is 7.02. The van der Waals surface area contributed by atoms with Crippen molar-refractivity contribution in [3.8, 4) is 17.2 Å². The van der Waals surface area contributed by atoms with Crippen LogP contribution in [-0.2, 0) is 15.3 Å². The number of hydrogen-bond donors (Lipinski definition) is 2. The van der Waals surface area contributed by atoms with Gasteiger partial charge in [0, 0.05) is 30.7 Å². The molecule has 3 atom stereocenters. The SMILES string of the molecule is COc1cc2nc(CSCCN3C(=O)C(C(N)=O)C4CC3(C)Oc3ccccc34)[nH]c(=O)c2cc1OC. The minimum absolute atomic E-state index is 0.273. The molecule has 2 bridgehead atoms. The number of ether oxygens (including phenoxy) is 3. The molecule has 11 heteroatoms. The fourth-order valence-corrected chi connectivity index (χ4v) is 6.07. The van der Waals surface area contributed by atoms with Gasteiger partial charge in [0.1, 0.15) is 17.5 Å². The Morgan fingerprint density at radius 1 is 1.24 bits per heavy atom. The standard InChI is InChI=1S/C26H28N4O6S/c1-26-12-16(14-6-4-5-7-18(14)36-26)22(23(27)31)25(33)30(26)8-9-37-13-21-28-17-11-20(35-3)19(34-2)10-15(17)24(32)29-21/h4-7,10-11,16,22H,8-9,12-13H2,1-3H3,(H2,27,31)(H,28,29,32). The summed E-state index contributed by atoms with van der Waals surface area (Å²) in [6.45, 7) is 2.22. The molecule has 3 heterocycles. The second-order valence-corrected chi connectivity index (χ2v) is 10.4. The summed E-state index contributed by atoms with van der Waals surface area (Å²) in [5.74, 6) is 0.871. The summed E-state index contributed by atoms with van der Waals surface area (Å²) in [6, 6.07) is 10.7. The fourth-order valence-electron chi connectivity index (χ4n) is 5.29. The van der Waals surface area contributed by atoms with Gasteiger partial charge in [-0.15, -0.1) is 0 Å². The van der Waals surface area contributed by atoms with Crippen LogP contribution in [0, 0.1) is 5.92 Å². The van der Waals surface area contributed by atoms with Crippen molar-refractivity contribution >= 4 is 34.5 Å². The first-order valence-electron chi connectivity index (χ1n) is 11.9. The summed E-state index contributed by atoms with van der Waals surface area (Å²) >= 11 is 1.51. The van der Waals surface area contributed by atoms with E-state index in [2.05, 4.69) is 9.97 Å². The molecule has 2 aromatic carbocycles. The number of carbonyl (C=O) groups is 2. The fraction of sp³-hybridized carbons (Fsp3) is 0.385. The van der Waals surface area contributed by atoms with E-state index in [-0.39, 0.29) is 17.4 Å². The third-order valence-corrected chi connectivity index (χ3v) is 7.97. The van der Waals surface area contributed by atoms with Crippen LogP contribution in [0.2, 0.25) is 0 Å². The number of likely N-dealkylation sites (tertiary alicyclic amines) is 1. The molecule has 0 spiro atoms. The number of nitrogens with zero attached hydrogens (tertiary/aromatic N) is 2. The first kappa shape index (κ1) is 24.9. The highest BCUT2D eigenvalue weighted by molar-refractivity contribution is 7.98. The summed E-state index contributed by atoms with van der Waals surface area (Å²) in [6.07, 6.45) is 0.485. The maximum absolute atomic E-state index is 13.4. The number of para-hydroxylation sites is 1. The number of aromatic amines is 1. The highest BCUT2D eigenvalue weighted by atomic mass is 32.2. The Bertz CT molecular complexity index is 1440. The van der Waals surface area contributed by atoms with E-state index in [9.17, 15) is 14.4 Å². The van der Waals surface area contributed by atoms with E-state index in [4.69, 9.17) is 19.9 Å². The van der Waals surface area contributed by atoms with E-state index >= 15 is 0 Å². The molecule has 2 aliphatic rings. The Morgan fingerprint density at radius 3 is 2.70 bits per heavy atom. The molecule has 10 nitrogen and oxygen atoms in total. The number of benzene rings is 2. The quantitative estimate of drug-likeness (QED) is 0.339. The second-order valence-electron chi connectivity index (χ2n) is 9.28. The Kier molecular flexibility index (Phi) is 6.49. The molecule has 0 aliphatic carbocycles. The molecule has 0 radical (unpaired) electrons. The number of piperidine rings is 1. The molecule has 5 rings (SSSR count). The molecular weight excluding hydrogens is 496 g/mol. The maximum Gasteiger partial charge on any atom is 0.258 e. The monoisotopic (exact) mass is 524 g/mol. The molecule has 1 saturated heterocycles. The summed E-state index contributed by atoms with van der Waals surface area (Å²) in [5.41, 5.74) is 5.88. The highest BCUT2D eigenvalue weighted by Crippen LogP contribution is 2.50. The number of rotatable bonds is 8.